The number of anilines is 1. The average molecular weight is 338 g/mol. The molecule has 0 aliphatic carbocycles. The normalized spacial score (nSPS) is 10.3. The Morgan fingerprint density at radius 3 is 2.45 bits per heavy atom. The Morgan fingerprint density at radius 1 is 1.15 bits per heavy atom. The van der Waals surface area contributed by atoms with Crippen LogP contribution in [0.25, 0.3) is 0 Å². The molecule has 0 atom stereocenters. The lowest BCUT2D eigenvalue weighted by Gasteiger charge is -2.11. The van der Waals surface area contributed by atoms with E-state index >= 15 is 0 Å². The third-order valence-corrected chi connectivity index (χ3v) is 3.55. The predicted molar refractivity (Wildman–Crippen MR) is 82.1 cm³/mol. The summed E-state index contributed by atoms with van der Waals surface area (Å²) >= 11 is 3.30. The summed E-state index contributed by atoms with van der Waals surface area (Å²) < 4.78 is 5.71. The van der Waals surface area contributed by atoms with E-state index in [1.54, 1.807) is 6.07 Å². The summed E-state index contributed by atoms with van der Waals surface area (Å²) in [5.41, 5.74) is 2.83. The fourth-order valence-electron chi connectivity index (χ4n) is 1.82. The fraction of sp³-hybridized carbons (Fsp3) is 0.200. The molecule has 2 aromatic rings. The van der Waals surface area contributed by atoms with Crippen LogP contribution >= 0.6 is 15.9 Å². The standard InChI is InChI=1S/C15H16BrNO3/c1-20-14-7-11(6-13(16)15(14)19)8-17-12-4-2-10(9-18)3-5-12/h2-7,17-19H,8-9H2,1H3. The van der Waals surface area contributed by atoms with Gasteiger partial charge in [-0.1, -0.05) is 12.1 Å². The molecule has 0 fully saturated rings. The number of ether oxygens (including phenoxy) is 1. The van der Waals surface area contributed by atoms with Gasteiger partial charge in [-0.15, -0.1) is 0 Å². The zero-order valence-corrected chi connectivity index (χ0v) is 12.6. The van der Waals surface area contributed by atoms with Gasteiger partial charge in [0.1, 0.15) is 0 Å². The van der Waals surface area contributed by atoms with Gasteiger partial charge in [-0.2, -0.15) is 0 Å². The number of nitrogens with one attached hydrogen (secondary N) is 1. The van der Waals surface area contributed by atoms with Gasteiger partial charge in [-0.25, -0.2) is 0 Å². The Morgan fingerprint density at radius 2 is 1.85 bits per heavy atom. The number of phenols is 1. The summed E-state index contributed by atoms with van der Waals surface area (Å²) in [5.74, 6) is 0.537. The smallest absolute Gasteiger partial charge is 0.172 e. The van der Waals surface area contributed by atoms with E-state index in [0.29, 0.717) is 16.8 Å². The van der Waals surface area contributed by atoms with Crippen LogP contribution in [0.2, 0.25) is 0 Å². The summed E-state index contributed by atoms with van der Waals surface area (Å²) in [7, 11) is 1.52. The van der Waals surface area contributed by atoms with Gasteiger partial charge in [-0.05, 0) is 51.3 Å². The fourth-order valence-corrected chi connectivity index (χ4v) is 2.31. The summed E-state index contributed by atoms with van der Waals surface area (Å²) in [5, 5.41) is 22.0. The number of hydrogen-bond donors (Lipinski definition) is 3. The second kappa shape index (κ2) is 6.63. The Hall–Kier alpha value is -1.72. The van der Waals surface area contributed by atoms with Gasteiger partial charge < -0.3 is 20.3 Å². The lowest BCUT2D eigenvalue weighted by atomic mass is 10.2. The van der Waals surface area contributed by atoms with E-state index in [9.17, 15) is 5.11 Å². The van der Waals surface area contributed by atoms with Gasteiger partial charge in [0.15, 0.2) is 11.5 Å². The van der Waals surface area contributed by atoms with E-state index in [1.165, 1.54) is 7.11 Å². The Balaban J connectivity index is 2.08. The van der Waals surface area contributed by atoms with Crippen LogP contribution in [-0.4, -0.2) is 17.3 Å². The Kier molecular flexibility index (Phi) is 4.87. The number of halogens is 1. The van der Waals surface area contributed by atoms with Crippen LogP contribution in [0, 0.1) is 0 Å². The summed E-state index contributed by atoms with van der Waals surface area (Å²) in [6.07, 6.45) is 0. The summed E-state index contributed by atoms with van der Waals surface area (Å²) in [6, 6.07) is 11.2. The van der Waals surface area contributed by atoms with Crippen molar-refractivity contribution < 1.29 is 14.9 Å². The number of aromatic hydroxyl groups is 1. The van der Waals surface area contributed by atoms with Gasteiger partial charge in [0.25, 0.3) is 0 Å². The molecule has 0 saturated carbocycles. The predicted octanol–water partition coefficient (Wildman–Crippen LogP) is 3.27. The van der Waals surface area contributed by atoms with E-state index in [-0.39, 0.29) is 12.4 Å². The molecule has 0 spiro atoms. The van der Waals surface area contributed by atoms with Crippen LogP contribution in [0.1, 0.15) is 11.1 Å². The molecule has 0 amide bonds. The number of rotatable bonds is 5. The number of phenolic OH excluding ortho intramolecular Hbond substituents is 1. The average Bonchev–Trinajstić information content (AvgIpc) is 2.48. The van der Waals surface area contributed by atoms with Crippen LogP contribution < -0.4 is 10.1 Å². The highest BCUT2D eigenvalue weighted by molar-refractivity contribution is 9.10. The van der Waals surface area contributed by atoms with Gasteiger partial charge in [0, 0.05) is 12.2 Å². The largest absolute Gasteiger partial charge is 0.503 e. The van der Waals surface area contributed by atoms with Crippen molar-refractivity contribution in [2.24, 2.45) is 0 Å². The first-order valence-electron chi connectivity index (χ1n) is 6.13. The van der Waals surface area contributed by atoms with Crippen molar-refractivity contribution in [3.63, 3.8) is 0 Å². The van der Waals surface area contributed by atoms with Gasteiger partial charge in [0.05, 0.1) is 18.2 Å². The highest BCUT2D eigenvalue weighted by Gasteiger charge is 2.08. The van der Waals surface area contributed by atoms with Gasteiger partial charge >= 0.3 is 0 Å². The van der Waals surface area contributed by atoms with Crippen molar-refractivity contribution in [3.05, 3.63) is 52.0 Å². The molecule has 106 valence electrons. The van der Waals surface area contributed by atoms with Crippen molar-refractivity contribution in [2.45, 2.75) is 13.2 Å². The van der Waals surface area contributed by atoms with E-state index in [1.807, 2.05) is 30.3 Å². The molecule has 2 rings (SSSR count). The minimum Gasteiger partial charge on any atom is -0.503 e. The van der Waals surface area contributed by atoms with Crippen molar-refractivity contribution in [1.29, 1.82) is 0 Å². The third kappa shape index (κ3) is 3.43. The van der Waals surface area contributed by atoms with E-state index < -0.39 is 0 Å². The quantitative estimate of drug-likeness (QED) is 0.783. The van der Waals surface area contributed by atoms with Crippen LogP contribution in [0.15, 0.2) is 40.9 Å². The van der Waals surface area contributed by atoms with Crippen molar-refractivity contribution in [1.82, 2.24) is 0 Å². The molecule has 2 aromatic carbocycles. The molecule has 0 unspecified atom stereocenters. The minimum absolute atomic E-state index is 0.0440. The first kappa shape index (κ1) is 14.7. The molecule has 0 aliphatic rings. The van der Waals surface area contributed by atoms with Crippen molar-refractivity contribution in [3.8, 4) is 11.5 Å². The van der Waals surface area contributed by atoms with E-state index in [4.69, 9.17) is 9.84 Å². The second-order valence-corrected chi connectivity index (χ2v) is 5.19. The molecule has 0 heterocycles. The number of benzene rings is 2. The maximum atomic E-state index is 9.75. The highest BCUT2D eigenvalue weighted by Crippen LogP contribution is 2.35. The zero-order chi connectivity index (χ0) is 14.5. The van der Waals surface area contributed by atoms with Crippen molar-refractivity contribution in [2.75, 3.05) is 12.4 Å². The van der Waals surface area contributed by atoms with Crippen molar-refractivity contribution >= 4 is 21.6 Å². The van der Waals surface area contributed by atoms with E-state index in [0.717, 1.165) is 16.8 Å². The number of hydrogen-bond acceptors (Lipinski definition) is 4. The second-order valence-electron chi connectivity index (χ2n) is 4.34. The molecule has 0 bridgehead atoms. The number of aliphatic hydroxyl groups excluding tert-OH is 1. The topological polar surface area (TPSA) is 61.7 Å². The Bertz CT molecular complexity index is 584. The summed E-state index contributed by atoms with van der Waals surface area (Å²) in [6.45, 7) is 0.649. The molecule has 0 radical (unpaired) electrons. The van der Waals surface area contributed by atoms with Gasteiger partial charge in [-0.3, -0.25) is 0 Å². The Labute approximate surface area is 126 Å². The molecule has 5 heteroatoms. The zero-order valence-electron chi connectivity index (χ0n) is 11.1. The first-order valence-corrected chi connectivity index (χ1v) is 6.92. The molecule has 3 N–H and O–H groups in total. The molecule has 0 saturated heterocycles. The molecular weight excluding hydrogens is 322 g/mol. The SMILES string of the molecule is COc1cc(CNc2ccc(CO)cc2)cc(Br)c1O. The third-order valence-electron chi connectivity index (χ3n) is 2.94. The van der Waals surface area contributed by atoms with Crippen LogP contribution in [-0.2, 0) is 13.2 Å². The van der Waals surface area contributed by atoms with Crippen LogP contribution in [0.4, 0.5) is 5.69 Å². The minimum atomic E-state index is 0.0440. The maximum Gasteiger partial charge on any atom is 0.172 e. The van der Waals surface area contributed by atoms with Crippen LogP contribution in [0.5, 0.6) is 11.5 Å². The maximum absolute atomic E-state index is 9.75. The molecular formula is C15H16BrNO3. The molecule has 0 aromatic heterocycles. The molecule has 0 aliphatic heterocycles. The monoisotopic (exact) mass is 337 g/mol. The number of aliphatic hydroxyl groups is 1. The first-order chi connectivity index (χ1) is 9.63. The molecule has 20 heavy (non-hydrogen) atoms. The van der Waals surface area contributed by atoms with Crippen LogP contribution in [0.3, 0.4) is 0 Å². The van der Waals surface area contributed by atoms with Gasteiger partial charge in [0.2, 0.25) is 0 Å². The highest BCUT2D eigenvalue weighted by atomic mass is 79.9. The summed E-state index contributed by atoms with van der Waals surface area (Å²) in [4.78, 5) is 0. The lowest BCUT2D eigenvalue weighted by Crippen LogP contribution is -2.00. The molecule has 4 nitrogen and oxygen atoms in total. The number of methoxy groups -OCH3 is 1. The lowest BCUT2D eigenvalue weighted by molar-refractivity contribution is 0.282. The van der Waals surface area contributed by atoms with E-state index in [2.05, 4.69) is 21.2 Å².